The van der Waals surface area contributed by atoms with Crippen molar-refractivity contribution in [2.24, 2.45) is 0 Å². The van der Waals surface area contributed by atoms with Crippen LogP contribution in [-0.4, -0.2) is 12.1 Å². The van der Waals surface area contributed by atoms with E-state index in [1.54, 1.807) is 11.9 Å². The van der Waals surface area contributed by atoms with Crippen molar-refractivity contribution in [2.75, 3.05) is 4.72 Å². The maximum Gasteiger partial charge on any atom is 0.491 e. The number of benzene rings is 2. The van der Waals surface area contributed by atoms with Gasteiger partial charge in [0.25, 0.3) is 0 Å². The molecule has 2 N–H and O–H groups in total. The highest BCUT2D eigenvalue weighted by molar-refractivity contribution is 8.00. The Morgan fingerprint density at radius 3 is 2.41 bits per heavy atom. The highest BCUT2D eigenvalue weighted by atomic mass is 32.2. The molecule has 0 fully saturated rings. The first kappa shape index (κ1) is 18.6. The predicted octanol–water partition coefficient (Wildman–Crippen LogP) is 4.08. The molecular formula is C17H24BNO2S. The molecule has 0 aliphatic carbocycles. The second-order valence-corrected chi connectivity index (χ2v) is 4.97. The summed E-state index contributed by atoms with van der Waals surface area (Å²) in [5, 5.41) is 9.63. The van der Waals surface area contributed by atoms with Crippen LogP contribution in [-0.2, 0) is 11.3 Å². The lowest BCUT2D eigenvalue weighted by Gasteiger charge is -2.07. The summed E-state index contributed by atoms with van der Waals surface area (Å²) in [7, 11) is -0.788. The Hall–Kier alpha value is -1.43. The SMILES string of the molecule is CC.CC.OB1OCc2ccc(NSc3ccccc3)cc21. The van der Waals surface area contributed by atoms with Crippen molar-refractivity contribution < 1.29 is 9.68 Å². The fourth-order valence-corrected chi connectivity index (χ4v) is 2.54. The number of rotatable bonds is 3. The molecular weight excluding hydrogens is 293 g/mol. The summed E-state index contributed by atoms with van der Waals surface area (Å²) in [6.45, 7) is 8.49. The van der Waals surface area contributed by atoms with Gasteiger partial charge in [-0.15, -0.1) is 0 Å². The molecule has 0 radical (unpaired) electrons. The van der Waals surface area contributed by atoms with E-state index in [0.717, 1.165) is 21.6 Å². The van der Waals surface area contributed by atoms with Crippen LogP contribution in [0.4, 0.5) is 5.69 Å². The first-order valence-electron chi connectivity index (χ1n) is 7.73. The van der Waals surface area contributed by atoms with Gasteiger partial charge in [-0.2, -0.15) is 0 Å². The molecule has 3 rings (SSSR count). The monoisotopic (exact) mass is 317 g/mol. The van der Waals surface area contributed by atoms with Gasteiger partial charge in [-0.05, 0) is 47.2 Å². The lowest BCUT2D eigenvalue weighted by atomic mass is 9.79. The van der Waals surface area contributed by atoms with E-state index in [4.69, 9.17) is 4.65 Å². The van der Waals surface area contributed by atoms with E-state index in [1.807, 2.05) is 76.2 Å². The molecule has 1 aliphatic heterocycles. The molecule has 0 saturated carbocycles. The molecule has 0 atom stereocenters. The van der Waals surface area contributed by atoms with Crippen molar-refractivity contribution in [3.05, 3.63) is 54.1 Å². The number of hydrogen-bond donors (Lipinski definition) is 2. The quantitative estimate of drug-likeness (QED) is 0.661. The van der Waals surface area contributed by atoms with Gasteiger partial charge in [0.1, 0.15) is 0 Å². The number of fused-ring (bicyclic) bond motifs is 1. The third kappa shape index (κ3) is 5.09. The Balaban J connectivity index is 0.000000561. The van der Waals surface area contributed by atoms with E-state index >= 15 is 0 Å². The van der Waals surface area contributed by atoms with Crippen LogP contribution in [0.15, 0.2) is 53.4 Å². The predicted molar refractivity (Wildman–Crippen MR) is 97.5 cm³/mol. The van der Waals surface area contributed by atoms with Crippen molar-refractivity contribution in [3.63, 3.8) is 0 Å². The standard InChI is InChI=1S/C13H12BNO2S.2C2H6/c16-14-13-8-11(7-6-10(13)9-17-14)15-18-12-4-2-1-3-5-12;2*1-2/h1-8,15-16H,9H2;2*1-2H3. The van der Waals surface area contributed by atoms with Crippen LogP contribution in [0.3, 0.4) is 0 Å². The third-order valence-corrected chi connectivity index (χ3v) is 3.68. The van der Waals surface area contributed by atoms with E-state index in [2.05, 4.69) is 4.72 Å². The molecule has 0 spiro atoms. The van der Waals surface area contributed by atoms with Gasteiger partial charge in [0.15, 0.2) is 0 Å². The molecule has 1 heterocycles. The highest BCUT2D eigenvalue weighted by Gasteiger charge is 2.27. The van der Waals surface area contributed by atoms with E-state index in [-0.39, 0.29) is 0 Å². The maximum atomic E-state index is 9.63. The van der Waals surface area contributed by atoms with Gasteiger partial charge >= 0.3 is 7.12 Å². The zero-order valence-electron chi connectivity index (χ0n) is 13.7. The van der Waals surface area contributed by atoms with Crippen LogP contribution in [0.25, 0.3) is 0 Å². The minimum absolute atomic E-state index is 0.489. The van der Waals surface area contributed by atoms with Gasteiger partial charge in [0, 0.05) is 10.6 Å². The molecule has 1 aliphatic rings. The molecule has 0 saturated heterocycles. The van der Waals surface area contributed by atoms with E-state index < -0.39 is 7.12 Å². The van der Waals surface area contributed by atoms with Gasteiger partial charge in [0.2, 0.25) is 0 Å². The first-order valence-corrected chi connectivity index (χ1v) is 8.55. The molecule has 0 unspecified atom stereocenters. The van der Waals surface area contributed by atoms with Crippen LogP contribution < -0.4 is 10.2 Å². The molecule has 0 aromatic heterocycles. The summed E-state index contributed by atoms with van der Waals surface area (Å²) in [6, 6.07) is 16.0. The van der Waals surface area contributed by atoms with Crippen LogP contribution in [0, 0.1) is 0 Å². The number of hydrogen-bond acceptors (Lipinski definition) is 4. The minimum Gasteiger partial charge on any atom is -0.423 e. The third-order valence-electron chi connectivity index (χ3n) is 2.84. The normalized spacial score (nSPS) is 11.6. The topological polar surface area (TPSA) is 41.5 Å². The van der Waals surface area contributed by atoms with Gasteiger partial charge in [-0.25, -0.2) is 0 Å². The second-order valence-electron chi connectivity index (χ2n) is 4.09. The molecule has 2 aromatic carbocycles. The smallest absolute Gasteiger partial charge is 0.423 e. The average molecular weight is 317 g/mol. The largest absolute Gasteiger partial charge is 0.491 e. The Bertz CT molecular complexity index is 552. The Labute approximate surface area is 138 Å². The molecule has 0 amide bonds. The summed E-state index contributed by atoms with van der Waals surface area (Å²) in [5.41, 5.74) is 2.87. The Morgan fingerprint density at radius 1 is 1.05 bits per heavy atom. The molecule has 3 nitrogen and oxygen atoms in total. The van der Waals surface area contributed by atoms with Crippen LogP contribution in [0.5, 0.6) is 0 Å². The van der Waals surface area contributed by atoms with Crippen molar-refractivity contribution in [1.29, 1.82) is 0 Å². The van der Waals surface area contributed by atoms with Crippen LogP contribution >= 0.6 is 11.9 Å². The highest BCUT2D eigenvalue weighted by Crippen LogP contribution is 2.21. The van der Waals surface area contributed by atoms with Gasteiger partial charge in [-0.1, -0.05) is 52.0 Å². The van der Waals surface area contributed by atoms with Gasteiger partial charge in [0.05, 0.1) is 6.61 Å². The maximum absolute atomic E-state index is 9.63. The van der Waals surface area contributed by atoms with Gasteiger partial charge in [-0.3, -0.25) is 0 Å². The zero-order valence-corrected chi connectivity index (χ0v) is 14.5. The van der Waals surface area contributed by atoms with Gasteiger partial charge < -0.3 is 14.4 Å². The average Bonchev–Trinajstić information content (AvgIpc) is 2.98. The molecule has 2 aromatic rings. The number of anilines is 1. The number of nitrogens with one attached hydrogen (secondary N) is 1. The summed E-state index contributed by atoms with van der Waals surface area (Å²) >= 11 is 1.55. The molecule has 0 bridgehead atoms. The molecule has 22 heavy (non-hydrogen) atoms. The lowest BCUT2D eigenvalue weighted by Crippen LogP contribution is -2.28. The summed E-state index contributed by atoms with van der Waals surface area (Å²) in [5.74, 6) is 0. The summed E-state index contributed by atoms with van der Waals surface area (Å²) in [4.78, 5) is 1.15. The van der Waals surface area contributed by atoms with Crippen molar-refractivity contribution in [3.8, 4) is 0 Å². The fourth-order valence-electron chi connectivity index (χ4n) is 1.88. The van der Waals surface area contributed by atoms with Crippen molar-refractivity contribution in [1.82, 2.24) is 0 Å². The van der Waals surface area contributed by atoms with Crippen LogP contribution in [0.1, 0.15) is 33.3 Å². The minimum atomic E-state index is -0.788. The van der Waals surface area contributed by atoms with Crippen molar-refractivity contribution in [2.45, 2.75) is 39.2 Å². The Morgan fingerprint density at radius 2 is 1.73 bits per heavy atom. The van der Waals surface area contributed by atoms with E-state index in [9.17, 15) is 5.02 Å². The zero-order chi connectivity index (χ0) is 16.4. The van der Waals surface area contributed by atoms with E-state index in [1.165, 1.54) is 0 Å². The van der Waals surface area contributed by atoms with Crippen molar-refractivity contribution >= 4 is 30.2 Å². The summed E-state index contributed by atoms with van der Waals surface area (Å²) in [6.07, 6.45) is 0. The van der Waals surface area contributed by atoms with Crippen LogP contribution in [0.2, 0.25) is 0 Å². The Kier molecular flexibility index (Phi) is 8.74. The summed E-state index contributed by atoms with van der Waals surface area (Å²) < 4.78 is 8.42. The second kappa shape index (κ2) is 10.3. The first-order chi connectivity index (χ1) is 10.8. The van der Waals surface area contributed by atoms with E-state index in [0.29, 0.717) is 6.61 Å². The lowest BCUT2D eigenvalue weighted by molar-refractivity contribution is 0.275. The fraction of sp³-hybridized carbons (Fsp3) is 0.294. The molecule has 118 valence electrons. The molecule has 5 heteroatoms.